The largest absolute Gasteiger partial charge is 0.361 e. The van der Waals surface area contributed by atoms with Crippen LogP contribution in [0.4, 0.5) is 14.5 Å². The van der Waals surface area contributed by atoms with E-state index >= 15 is 0 Å². The van der Waals surface area contributed by atoms with Gasteiger partial charge in [-0.3, -0.25) is 4.79 Å². The van der Waals surface area contributed by atoms with E-state index in [4.69, 9.17) is 16.1 Å². The molecule has 0 saturated carbocycles. The number of anilines is 1. The van der Waals surface area contributed by atoms with E-state index in [9.17, 15) is 13.6 Å². The lowest BCUT2D eigenvalue weighted by atomic mass is 10.2. The SMILES string of the molecule is Cc1noc(C)c1C(=O)Nc1ccc(F)c(Cl)c1F. The maximum atomic E-state index is 13.6. The lowest BCUT2D eigenvalue weighted by Crippen LogP contribution is -2.15. The molecule has 4 nitrogen and oxygen atoms in total. The maximum Gasteiger partial charge on any atom is 0.261 e. The molecule has 2 rings (SSSR count). The summed E-state index contributed by atoms with van der Waals surface area (Å²) in [6.07, 6.45) is 0. The van der Waals surface area contributed by atoms with Crippen LogP contribution in [0.25, 0.3) is 0 Å². The average molecular weight is 287 g/mol. The Morgan fingerprint density at radius 1 is 1.37 bits per heavy atom. The van der Waals surface area contributed by atoms with Crippen LogP contribution in [0.2, 0.25) is 5.02 Å². The van der Waals surface area contributed by atoms with Crippen LogP contribution in [0, 0.1) is 25.5 Å². The highest BCUT2D eigenvalue weighted by Gasteiger charge is 2.20. The van der Waals surface area contributed by atoms with Gasteiger partial charge >= 0.3 is 0 Å². The van der Waals surface area contributed by atoms with E-state index in [1.807, 2.05) is 0 Å². The van der Waals surface area contributed by atoms with Gasteiger partial charge in [0.25, 0.3) is 5.91 Å². The fourth-order valence-corrected chi connectivity index (χ4v) is 1.78. The zero-order valence-electron chi connectivity index (χ0n) is 10.1. The number of benzene rings is 1. The number of nitrogens with one attached hydrogen (secondary N) is 1. The van der Waals surface area contributed by atoms with Gasteiger partial charge in [-0.2, -0.15) is 0 Å². The normalized spacial score (nSPS) is 10.6. The van der Waals surface area contributed by atoms with Crippen molar-refractivity contribution in [2.24, 2.45) is 0 Å². The zero-order valence-corrected chi connectivity index (χ0v) is 10.8. The Balaban J connectivity index is 2.32. The highest BCUT2D eigenvalue weighted by molar-refractivity contribution is 6.31. The second-order valence-corrected chi connectivity index (χ2v) is 4.25. The number of hydrogen-bond donors (Lipinski definition) is 1. The minimum atomic E-state index is -1.03. The summed E-state index contributed by atoms with van der Waals surface area (Å²) in [5.41, 5.74) is 0.375. The monoisotopic (exact) mass is 286 g/mol. The standard InChI is InChI=1S/C12H9ClF2N2O2/c1-5-9(6(2)19-17-5)12(18)16-8-4-3-7(14)10(13)11(8)15/h3-4H,1-2H3,(H,16,18). The number of aryl methyl sites for hydroxylation is 2. The third-order valence-corrected chi connectivity index (χ3v) is 2.89. The van der Waals surface area contributed by atoms with Crippen molar-refractivity contribution in [1.29, 1.82) is 0 Å². The van der Waals surface area contributed by atoms with Gasteiger partial charge in [-0.05, 0) is 26.0 Å². The van der Waals surface area contributed by atoms with Gasteiger partial charge in [0.2, 0.25) is 0 Å². The molecule has 0 saturated heterocycles. The van der Waals surface area contributed by atoms with Crippen LogP contribution in [-0.2, 0) is 0 Å². The quantitative estimate of drug-likeness (QED) is 0.860. The lowest BCUT2D eigenvalue weighted by Gasteiger charge is -2.07. The van der Waals surface area contributed by atoms with Crippen molar-refractivity contribution >= 4 is 23.2 Å². The zero-order chi connectivity index (χ0) is 14.2. The number of hydrogen-bond acceptors (Lipinski definition) is 3. The van der Waals surface area contributed by atoms with Gasteiger partial charge in [-0.25, -0.2) is 8.78 Å². The second kappa shape index (κ2) is 4.97. The molecule has 0 fully saturated rings. The van der Waals surface area contributed by atoms with E-state index in [1.54, 1.807) is 13.8 Å². The Labute approximate surface area is 112 Å². The summed E-state index contributed by atoms with van der Waals surface area (Å²) in [6.45, 7) is 3.14. The Morgan fingerprint density at radius 3 is 2.63 bits per heavy atom. The van der Waals surface area contributed by atoms with Crippen LogP contribution in [0.15, 0.2) is 16.7 Å². The van der Waals surface area contributed by atoms with Crippen molar-refractivity contribution < 1.29 is 18.1 Å². The molecule has 0 spiro atoms. The van der Waals surface area contributed by atoms with Gasteiger partial charge < -0.3 is 9.84 Å². The summed E-state index contributed by atoms with van der Waals surface area (Å²) >= 11 is 5.42. The maximum absolute atomic E-state index is 13.6. The number of aromatic nitrogens is 1. The van der Waals surface area contributed by atoms with Crippen molar-refractivity contribution in [2.75, 3.05) is 5.32 Å². The summed E-state index contributed by atoms with van der Waals surface area (Å²) < 4.78 is 31.5. The smallest absolute Gasteiger partial charge is 0.261 e. The van der Waals surface area contributed by atoms with Gasteiger partial charge in [0.05, 0.1) is 11.4 Å². The number of carbonyl (C=O) groups excluding carboxylic acids is 1. The van der Waals surface area contributed by atoms with Gasteiger partial charge in [-0.15, -0.1) is 0 Å². The highest BCUT2D eigenvalue weighted by Crippen LogP contribution is 2.26. The Morgan fingerprint density at radius 2 is 2.05 bits per heavy atom. The number of carbonyl (C=O) groups is 1. The minimum absolute atomic E-state index is 0.208. The fraction of sp³-hybridized carbons (Fsp3) is 0.167. The molecule has 0 unspecified atom stereocenters. The van der Waals surface area contributed by atoms with Crippen LogP contribution < -0.4 is 5.32 Å². The summed E-state index contributed by atoms with van der Waals surface area (Å²) in [5.74, 6) is -2.21. The molecule has 1 amide bonds. The molecule has 2 aromatic rings. The summed E-state index contributed by atoms with van der Waals surface area (Å²) in [6, 6.07) is 2.06. The van der Waals surface area contributed by atoms with E-state index in [0.29, 0.717) is 11.5 Å². The van der Waals surface area contributed by atoms with Crippen molar-refractivity contribution in [1.82, 2.24) is 5.16 Å². The predicted octanol–water partition coefficient (Wildman–Crippen LogP) is 3.48. The molecular weight excluding hydrogens is 278 g/mol. The molecule has 0 bridgehead atoms. The van der Waals surface area contributed by atoms with Crippen molar-refractivity contribution in [3.8, 4) is 0 Å². The van der Waals surface area contributed by atoms with E-state index < -0.39 is 22.6 Å². The van der Waals surface area contributed by atoms with Crippen molar-refractivity contribution in [3.63, 3.8) is 0 Å². The average Bonchev–Trinajstić information content (AvgIpc) is 2.70. The predicted molar refractivity (Wildman–Crippen MR) is 65.3 cm³/mol. The Kier molecular flexibility index (Phi) is 3.53. The molecule has 1 N–H and O–H groups in total. The first kappa shape index (κ1) is 13.5. The molecule has 0 aliphatic carbocycles. The third kappa shape index (κ3) is 2.44. The van der Waals surface area contributed by atoms with E-state index in [0.717, 1.165) is 12.1 Å². The molecule has 7 heteroatoms. The number of halogens is 3. The molecule has 1 heterocycles. The van der Waals surface area contributed by atoms with Crippen LogP contribution in [0.3, 0.4) is 0 Å². The molecule has 0 aliphatic heterocycles. The van der Waals surface area contributed by atoms with Gasteiger partial charge in [0.1, 0.15) is 22.2 Å². The molecular formula is C12H9ClF2N2O2. The molecule has 19 heavy (non-hydrogen) atoms. The first-order valence-corrected chi connectivity index (χ1v) is 5.67. The van der Waals surface area contributed by atoms with Gasteiger partial charge in [-0.1, -0.05) is 16.8 Å². The third-order valence-electron chi connectivity index (χ3n) is 2.54. The van der Waals surface area contributed by atoms with Gasteiger partial charge in [0, 0.05) is 0 Å². The van der Waals surface area contributed by atoms with Crippen LogP contribution in [0.1, 0.15) is 21.8 Å². The first-order valence-electron chi connectivity index (χ1n) is 5.29. The van der Waals surface area contributed by atoms with E-state index in [-0.39, 0.29) is 11.3 Å². The first-order chi connectivity index (χ1) is 8.91. The van der Waals surface area contributed by atoms with E-state index in [1.165, 1.54) is 0 Å². The Bertz CT molecular complexity index is 636. The summed E-state index contributed by atoms with van der Waals surface area (Å²) in [5, 5.41) is 5.24. The minimum Gasteiger partial charge on any atom is -0.361 e. The van der Waals surface area contributed by atoms with Crippen molar-refractivity contribution in [3.05, 3.63) is 45.8 Å². The molecule has 1 aromatic heterocycles. The van der Waals surface area contributed by atoms with Gasteiger partial charge in [0.15, 0.2) is 5.82 Å². The number of rotatable bonds is 2. The molecule has 100 valence electrons. The molecule has 1 aromatic carbocycles. The van der Waals surface area contributed by atoms with Crippen molar-refractivity contribution in [2.45, 2.75) is 13.8 Å². The van der Waals surface area contributed by atoms with Crippen LogP contribution >= 0.6 is 11.6 Å². The summed E-state index contributed by atoms with van der Waals surface area (Å²) in [4.78, 5) is 12.0. The highest BCUT2D eigenvalue weighted by atomic mass is 35.5. The topological polar surface area (TPSA) is 55.1 Å². The second-order valence-electron chi connectivity index (χ2n) is 3.88. The molecule has 0 atom stereocenters. The Hall–Kier alpha value is -1.95. The summed E-state index contributed by atoms with van der Waals surface area (Å²) in [7, 11) is 0. The number of amides is 1. The molecule has 0 radical (unpaired) electrons. The molecule has 0 aliphatic rings. The van der Waals surface area contributed by atoms with E-state index in [2.05, 4.69) is 10.5 Å². The van der Waals surface area contributed by atoms with Crippen LogP contribution in [0.5, 0.6) is 0 Å². The fourth-order valence-electron chi connectivity index (χ4n) is 1.61. The lowest BCUT2D eigenvalue weighted by molar-refractivity contribution is 0.102. The number of nitrogens with zero attached hydrogens (tertiary/aromatic N) is 1. The van der Waals surface area contributed by atoms with Crippen LogP contribution in [-0.4, -0.2) is 11.1 Å².